The lowest BCUT2D eigenvalue weighted by Gasteiger charge is -2.55. The second-order valence-electron chi connectivity index (χ2n) is 19.5. The maximum Gasteiger partial charge on any atom is 0.0464 e. The van der Waals surface area contributed by atoms with E-state index in [-0.39, 0.29) is 0 Å². The number of benzene rings is 6. The normalized spacial score (nSPS) is 30.5. The minimum atomic E-state index is 0.639. The molecular weight excluding hydrogens is 687 g/mol. The van der Waals surface area contributed by atoms with Gasteiger partial charge in [0.25, 0.3) is 0 Å². The molecule has 0 heterocycles. The molecule has 1 heteroatoms. The SMILES string of the molecule is c1ccc(-c2ccc(N(c3ccc(-c4ccccc4)cc3)c3ccc(-c4cccc(C5C6CC7CC(C6)CC5C7)c4)c(C4C5CC6CC(C5)CC4C6)c3)cc2)cc1. The molecule has 0 atom stereocenters. The smallest absolute Gasteiger partial charge is 0.0464 e. The summed E-state index contributed by atoms with van der Waals surface area (Å²) in [6.07, 6.45) is 14.6. The zero-order valence-corrected chi connectivity index (χ0v) is 33.2. The van der Waals surface area contributed by atoms with E-state index in [1.165, 1.54) is 115 Å². The molecule has 0 N–H and O–H groups in total. The van der Waals surface area contributed by atoms with Crippen LogP contribution in [0.2, 0.25) is 0 Å². The van der Waals surface area contributed by atoms with E-state index in [2.05, 4.69) is 157 Å². The van der Waals surface area contributed by atoms with Crippen LogP contribution in [0.4, 0.5) is 17.1 Å². The van der Waals surface area contributed by atoms with E-state index in [0.29, 0.717) is 5.92 Å². The molecule has 8 saturated carbocycles. The van der Waals surface area contributed by atoms with Crippen LogP contribution in [0.3, 0.4) is 0 Å². The highest BCUT2D eigenvalue weighted by Crippen LogP contribution is 2.62. The van der Waals surface area contributed by atoms with Crippen molar-refractivity contribution < 1.29 is 0 Å². The van der Waals surface area contributed by atoms with Gasteiger partial charge in [-0.2, -0.15) is 0 Å². The van der Waals surface area contributed by atoms with Crippen LogP contribution in [0.25, 0.3) is 33.4 Å². The van der Waals surface area contributed by atoms with Gasteiger partial charge in [-0.3, -0.25) is 0 Å². The maximum absolute atomic E-state index is 2.67. The Morgan fingerprint density at radius 2 is 0.737 bits per heavy atom. The summed E-state index contributed by atoms with van der Waals surface area (Å²) in [6, 6.07) is 57.8. The first-order chi connectivity index (χ1) is 28.2. The molecule has 0 aromatic heterocycles. The molecule has 8 aliphatic rings. The van der Waals surface area contributed by atoms with Crippen molar-refractivity contribution in [2.75, 3.05) is 4.90 Å². The van der Waals surface area contributed by atoms with Crippen molar-refractivity contribution in [3.05, 3.63) is 163 Å². The Morgan fingerprint density at radius 3 is 1.23 bits per heavy atom. The third-order valence-electron chi connectivity index (χ3n) is 16.2. The first-order valence-electron chi connectivity index (χ1n) is 22.5. The summed E-state index contributed by atoms with van der Waals surface area (Å²) in [5.41, 5.74) is 14.9. The summed E-state index contributed by atoms with van der Waals surface area (Å²) in [7, 11) is 0. The van der Waals surface area contributed by atoms with Gasteiger partial charge in [0.2, 0.25) is 0 Å². The van der Waals surface area contributed by atoms with Crippen molar-refractivity contribution in [3.8, 4) is 33.4 Å². The average molecular weight is 742 g/mol. The molecular formula is C56H55N. The monoisotopic (exact) mass is 741 g/mol. The van der Waals surface area contributed by atoms with Crippen LogP contribution in [-0.4, -0.2) is 0 Å². The molecule has 0 unspecified atom stereocenters. The largest absolute Gasteiger partial charge is 0.310 e. The van der Waals surface area contributed by atoms with Crippen molar-refractivity contribution in [1.82, 2.24) is 0 Å². The van der Waals surface area contributed by atoms with Gasteiger partial charge in [0, 0.05) is 17.1 Å². The zero-order chi connectivity index (χ0) is 37.5. The molecule has 0 saturated heterocycles. The fourth-order valence-corrected chi connectivity index (χ4v) is 14.4. The van der Waals surface area contributed by atoms with Gasteiger partial charge in [-0.1, -0.05) is 115 Å². The molecule has 8 fully saturated rings. The van der Waals surface area contributed by atoms with Crippen LogP contribution >= 0.6 is 0 Å². The molecule has 8 bridgehead atoms. The minimum Gasteiger partial charge on any atom is -0.310 e. The van der Waals surface area contributed by atoms with E-state index in [0.717, 1.165) is 53.3 Å². The second kappa shape index (κ2) is 13.9. The van der Waals surface area contributed by atoms with Gasteiger partial charge in [0.1, 0.15) is 0 Å². The maximum atomic E-state index is 2.67. The molecule has 6 aromatic rings. The number of hydrogen-bond donors (Lipinski definition) is 0. The summed E-state index contributed by atoms with van der Waals surface area (Å²) >= 11 is 0. The van der Waals surface area contributed by atoms with E-state index in [1.807, 2.05) is 0 Å². The Bertz CT molecular complexity index is 2230. The second-order valence-corrected chi connectivity index (χ2v) is 19.5. The van der Waals surface area contributed by atoms with Crippen molar-refractivity contribution >= 4 is 17.1 Å². The molecule has 0 radical (unpaired) electrons. The fourth-order valence-electron chi connectivity index (χ4n) is 14.4. The summed E-state index contributed by atoms with van der Waals surface area (Å²) in [5.74, 6) is 8.76. The molecule has 6 aromatic carbocycles. The quantitative estimate of drug-likeness (QED) is 0.150. The Labute approximate surface area is 340 Å². The molecule has 57 heavy (non-hydrogen) atoms. The van der Waals surface area contributed by atoms with Crippen LogP contribution in [0.15, 0.2) is 152 Å². The summed E-state index contributed by atoms with van der Waals surface area (Å²) in [4.78, 5) is 2.53. The van der Waals surface area contributed by atoms with Gasteiger partial charge in [-0.25, -0.2) is 0 Å². The third-order valence-corrected chi connectivity index (χ3v) is 16.2. The van der Waals surface area contributed by atoms with Crippen molar-refractivity contribution in [2.24, 2.45) is 47.3 Å². The molecule has 0 spiro atoms. The van der Waals surface area contributed by atoms with Crippen LogP contribution in [0.5, 0.6) is 0 Å². The topological polar surface area (TPSA) is 3.24 Å². The van der Waals surface area contributed by atoms with Gasteiger partial charge < -0.3 is 4.90 Å². The Kier molecular flexibility index (Phi) is 8.34. The molecule has 284 valence electrons. The van der Waals surface area contributed by atoms with Crippen molar-refractivity contribution in [2.45, 2.75) is 76.0 Å². The average Bonchev–Trinajstić information content (AvgIpc) is 3.24. The zero-order valence-electron chi connectivity index (χ0n) is 33.2. The van der Waals surface area contributed by atoms with Crippen LogP contribution < -0.4 is 4.90 Å². The van der Waals surface area contributed by atoms with Gasteiger partial charge in [-0.15, -0.1) is 0 Å². The lowest BCUT2D eigenvalue weighted by molar-refractivity contribution is -0.00280. The number of anilines is 3. The Morgan fingerprint density at radius 1 is 0.316 bits per heavy atom. The highest BCUT2D eigenvalue weighted by molar-refractivity contribution is 5.82. The minimum absolute atomic E-state index is 0.639. The summed E-state index contributed by atoms with van der Waals surface area (Å²) in [6.45, 7) is 0. The van der Waals surface area contributed by atoms with E-state index < -0.39 is 0 Å². The predicted molar refractivity (Wildman–Crippen MR) is 237 cm³/mol. The molecule has 8 aliphatic carbocycles. The lowest BCUT2D eigenvalue weighted by atomic mass is 9.50. The van der Waals surface area contributed by atoms with Gasteiger partial charge in [0.15, 0.2) is 0 Å². The fraction of sp³-hybridized carbons (Fsp3) is 0.357. The van der Waals surface area contributed by atoms with Crippen LogP contribution in [-0.2, 0) is 0 Å². The lowest BCUT2D eigenvalue weighted by Crippen LogP contribution is -2.44. The first-order valence-corrected chi connectivity index (χ1v) is 22.5. The number of rotatable bonds is 8. The van der Waals surface area contributed by atoms with Crippen LogP contribution in [0, 0.1) is 47.3 Å². The number of hydrogen-bond acceptors (Lipinski definition) is 1. The Hall–Kier alpha value is -4.88. The predicted octanol–water partition coefficient (Wildman–Crippen LogP) is 15.2. The van der Waals surface area contributed by atoms with Gasteiger partial charge >= 0.3 is 0 Å². The van der Waals surface area contributed by atoms with E-state index in [4.69, 9.17) is 0 Å². The highest BCUT2D eigenvalue weighted by Gasteiger charge is 2.50. The Balaban J connectivity index is 0.978. The number of nitrogens with zero attached hydrogens (tertiary/aromatic N) is 1. The van der Waals surface area contributed by atoms with E-state index in [9.17, 15) is 0 Å². The molecule has 0 aliphatic heterocycles. The van der Waals surface area contributed by atoms with Crippen LogP contribution in [0.1, 0.15) is 87.2 Å². The molecule has 1 nitrogen and oxygen atoms in total. The molecule has 0 amide bonds. The summed E-state index contributed by atoms with van der Waals surface area (Å²) < 4.78 is 0. The highest BCUT2D eigenvalue weighted by atomic mass is 15.1. The third kappa shape index (κ3) is 6.11. The summed E-state index contributed by atoms with van der Waals surface area (Å²) in [5, 5.41) is 0. The first kappa shape index (κ1) is 34.2. The van der Waals surface area contributed by atoms with Crippen molar-refractivity contribution in [1.29, 1.82) is 0 Å². The van der Waals surface area contributed by atoms with E-state index in [1.54, 1.807) is 11.1 Å². The van der Waals surface area contributed by atoms with Gasteiger partial charge in [0.05, 0.1) is 0 Å². The van der Waals surface area contributed by atoms with Gasteiger partial charge in [-0.05, 0) is 204 Å². The van der Waals surface area contributed by atoms with E-state index >= 15 is 0 Å². The molecule has 14 rings (SSSR count). The van der Waals surface area contributed by atoms with Crippen molar-refractivity contribution in [3.63, 3.8) is 0 Å². The standard InChI is InChI=1S/C56H55N/c1-3-8-40(9-4-1)42-14-18-50(19-15-42)57(51-20-16-43(17-21-51)41-10-5-2-6-11-41)52-22-23-53(54(35-52)56-48-30-38-25-39(32-48)33-49(56)31-38)44-12-7-13-45(34-44)55-46-26-36-24-37(28-46)29-47(55)27-36/h1-23,34-39,46-49,55-56H,24-33H2.